The number of hydrogen-bond acceptors (Lipinski definition) is 4. The van der Waals surface area contributed by atoms with Crippen LogP contribution in [0.1, 0.15) is 34.5 Å². The van der Waals surface area contributed by atoms with Crippen LogP contribution >= 0.6 is 0 Å². The lowest BCUT2D eigenvalue weighted by atomic mass is 9.93. The highest BCUT2D eigenvalue weighted by molar-refractivity contribution is 6.52. The van der Waals surface area contributed by atoms with Crippen molar-refractivity contribution in [1.29, 1.82) is 0 Å². The van der Waals surface area contributed by atoms with Gasteiger partial charge in [0.05, 0.1) is 32.0 Å². The van der Waals surface area contributed by atoms with E-state index in [4.69, 9.17) is 9.47 Å². The fourth-order valence-corrected chi connectivity index (χ4v) is 4.11. The van der Waals surface area contributed by atoms with Crippen LogP contribution in [-0.2, 0) is 11.2 Å². The normalized spacial score (nSPS) is 21.1. The number of fused-ring (bicyclic) bond motifs is 2. The summed E-state index contributed by atoms with van der Waals surface area (Å²) in [6.45, 7) is 3.49. The summed E-state index contributed by atoms with van der Waals surface area (Å²) in [6.07, 6.45) is 0.882. The Hall–Kier alpha value is -2.86. The minimum absolute atomic E-state index is 0.171. The summed E-state index contributed by atoms with van der Waals surface area (Å²) >= 11 is 0. The highest BCUT2D eigenvalue weighted by Crippen LogP contribution is 2.34. The molecule has 0 aromatic heterocycles. The number of carbonyl (C=O) groups is 2. The van der Waals surface area contributed by atoms with Crippen molar-refractivity contribution in [2.45, 2.75) is 19.4 Å². The average Bonchev–Trinajstić information content (AvgIpc) is 2.94. The van der Waals surface area contributed by atoms with Crippen molar-refractivity contribution in [2.24, 2.45) is 0 Å². The Morgan fingerprint density at radius 2 is 1.81 bits per heavy atom. The number of methoxy groups -OCH3 is 2. The zero-order valence-electron chi connectivity index (χ0n) is 15.7. The van der Waals surface area contributed by atoms with Crippen LogP contribution in [0.15, 0.2) is 36.4 Å². The fourth-order valence-electron chi connectivity index (χ4n) is 4.11. The molecule has 0 aliphatic carbocycles. The Balaban J connectivity index is 1.62. The number of carbonyl (C=O) groups excluding carboxylic acids is 2. The van der Waals surface area contributed by atoms with E-state index in [1.807, 2.05) is 24.3 Å². The number of ketones is 1. The van der Waals surface area contributed by atoms with Crippen LogP contribution < -0.4 is 19.3 Å². The molecule has 2 aromatic rings. The number of para-hydroxylation sites is 1. The number of ether oxygens (including phenoxy) is 2. The average molecular weight is 367 g/mol. The predicted octanol–water partition coefficient (Wildman–Crippen LogP) is 1.39. The third-order valence-corrected chi connectivity index (χ3v) is 5.68. The lowest BCUT2D eigenvalue weighted by Gasteiger charge is -2.35. The molecule has 0 radical (unpaired) electrons. The summed E-state index contributed by atoms with van der Waals surface area (Å²) < 4.78 is 10.9. The standard InChI is InChI=1S/C21H22N2O4/c1-13-16-11-19(27-3)18(26-2)10-14(16)8-9-22(13)12-23-17-7-5-4-6-15(17)20(24)21(23)25/h4-7,10-11,13H,8-9,12H2,1-3H3/p+1/t13-/m1/s1. The Morgan fingerprint density at radius 3 is 2.56 bits per heavy atom. The quantitative estimate of drug-likeness (QED) is 0.830. The van der Waals surface area contributed by atoms with Crippen molar-refractivity contribution < 1.29 is 24.0 Å². The van der Waals surface area contributed by atoms with Gasteiger partial charge in [0.1, 0.15) is 6.04 Å². The minimum Gasteiger partial charge on any atom is -0.493 e. The number of nitrogens with one attached hydrogen (secondary N) is 1. The first-order chi connectivity index (χ1) is 13.0. The Bertz CT molecular complexity index is 924. The first-order valence-corrected chi connectivity index (χ1v) is 9.09. The monoisotopic (exact) mass is 367 g/mol. The fraction of sp³-hybridized carbons (Fsp3) is 0.333. The molecule has 2 heterocycles. The smallest absolute Gasteiger partial charge is 0.303 e. The van der Waals surface area contributed by atoms with Gasteiger partial charge in [0.15, 0.2) is 18.2 Å². The van der Waals surface area contributed by atoms with Gasteiger partial charge in [0.25, 0.3) is 5.78 Å². The van der Waals surface area contributed by atoms with Crippen LogP contribution in [0.25, 0.3) is 0 Å². The summed E-state index contributed by atoms with van der Waals surface area (Å²) in [5, 5.41) is 0. The van der Waals surface area contributed by atoms with E-state index in [0.717, 1.165) is 18.7 Å². The van der Waals surface area contributed by atoms with Gasteiger partial charge in [0.2, 0.25) is 0 Å². The van der Waals surface area contributed by atoms with E-state index >= 15 is 0 Å². The number of hydrogen-bond donors (Lipinski definition) is 1. The maximum Gasteiger partial charge on any atom is 0.303 e. The van der Waals surface area contributed by atoms with Crippen molar-refractivity contribution in [2.75, 3.05) is 32.3 Å². The molecule has 1 unspecified atom stereocenters. The summed E-state index contributed by atoms with van der Waals surface area (Å²) in [6, 6.07) is 11.5. The molecule has 1 N–H and O–H groups in total. The molecule has 2 atom stereocenters. The highest BCUT2D eigenvalue weighted by atomic mass is 16.5. The summed E-state index contributed by atoms with van der Waals surface area (Å²) in [7, 11) is 3.27. The van der Waals surface area contributed by atoms with Gasteiger partial charge in [-0.1, -0.05) is 12.1 Å². The van der Waals surface area contributed by atoms with Crippen molar-refractivity contribution in [3.63, 3.8) is 0 Å². The molecule has 0 spiro atoms. The number of amides is 1. The van der Waals surface area contributed by atoms with Crippen LogP contribution in [0.4, 0.5) is 5.69 Å². The van der Waals surface area contributed by atoms with E-state index < -0.39 is 11.7 Å². The number of quaternary nitrogens is 1. The number of benzene rings is 2. The number of anilines is 1. The van der Waals surface area contributed by atoms with E-state index in [0.29, 0.717) is 23.7 Å². The van der Waals surface area contributed by atoms with Crippen molar-refractivity contribution in [3.05, 3.63) is 53.1 Å². The molecule has 6 heteroatoms. The van der Waals surface area contributed by atoms with Crippen LogP contribution in [0.5, 0.6) is 11.5 Å². The van der Waals surface area contributed by atoms with Gasteiger partial charge in [0, 0.05) is 12.0 Å². The topological polar surface area (TPSA) is 60.3 Å². The lowest BCUT2D eigenvalue weighted by Crippen LogP contribution is -3.14. The van der Waals surface area contributed by atoms with Gasteiger partial charge in [-0.15, -0.1) is 0 Å². The Labute approximate surface area is 158 Å². The second kappa shape index (κ2) is 6.70. The molecule has 1 amide bonds. The molecule has 0 saturated carbocycles. The molecule has 2 aliphatic heterocycles. The maximum absolute atomic E-state index is 12.5. The molecule has 2 aliphatic rings. The maximum atomic E-state index is 12.5. The highest BCUT2D eigenvalue weighted by Gasteiger charge is 2.39. The van der Waals surface area contributed by atoms with Crippen LogP contribution in [-0.4, -0.2) is 39.1 Å². The van der Waals surface area contributed by atoms with Gasteiger partial charge in [-0.2, -0.15) is 0 Å². The predicted molar refractivity (Wildman–Crippen MR) is 101 cm³/mol. The molecule has 0 fully saturated rings. The molecular weight excluding hydrogens is 344 g/mol. The van der Waals surface area contributed by atoms with Crippen molar-refractivity contribution in [3.8, 4) is 11.5 Å². The first kappa shape index (κ1) is 17.5. The summed E-state index contributed by atoms with van der Waals surface area (Å²) in [4.78, 5) is 27.6. The van der Waals surface area contributed by atoms with Gasteiger partial charge in [-0.25, -0.2) is 0 Å². The molecule has 140 valence electrons. The molecule has 6 nitrogen and oxygen atoms in total. The number of rotatable bonds is 4. The van der Waals surface area contributed by atoms with Crippen LogP contribution in [0.3, 0.4) is 0 Å². The molecule has 0 saturated heterocycles. The third kappa shape index (κ3) is 2.77. The van der Waals surface area contributed by atoms with E-state index in [1.165, 1.54) is 16.0 Å². The number of Topliss-reactive ketones (excluding diaryl/α,β-unsaturated/α-hetero) is 1. The largest absolute Gasteiger partial charge is 0.493 e. The third-order valence-electron chi connectivity index (χ3n) is 5.68. The van der Waals surface area contributed by atoms with Gasteiger partial charge >= 0.3 is 5.91 Å². The Kier molecular flexibility index (Phi) is 4.36. The van der Waals surface area contributed by atoms with E-state index in [2.05, 4.69) is 6.92 Å². The van der Waals surface area contributed by atoms with Crippen LogP contribution in [0.2, 0.25) is 0 Å². The van der Waals surface area contributed by atoms with E-state index in [1.54, 1.807) is 31.3 Å². The molecule has 0 bridgehead atoms. The zero-order valence-corrected chi connectivity index (χ0v) is 15.7. The van der Waals surface area contributed by atoms with Crippen molar-refractivity contribution in [1.82, 2.24) is 0 Å². The minimum atomic E-state index is -0.436. The number of nitrogens with zero attached hydrogens (tertiary/aromatic N) is 1. The van der Waals surface area contributed by atoms with E-state index in [9.17, 15) is 9.59 Å². The van der Waals surface area contributed by atoms with Gasteiger partial charge in [-0.05, 0) is 36.8 Å². The molecule has 4 rings (SSSR count). The second-order valence-corrected chi connectivity index (χ2v) is 7.02. The molecule has 27 heavy (non-hydrogen) atoms. The van der Waals surface area contributed by atoms with E-state index in [-0.39, 0.29) is 6.04 Å². The molecular formula is C21H23N2O4+. The summed E-state index contributed by atoms with van der Waals surface area (Å²) in [5.41, 5.74) is 3.65. The lowest BCUT2D eigenvalue weighted by molar-refractivity contribution is -0.930. The second-order valence-electron chi connectivity index (χ2n) is 7.02. The summed E-state index contributed by atoms with van der Waals surface area (Å²) in [5.74, 6) is 0.596. The van der Waals surface area contributed by atoms with Gasteiger partial charge < -0.3 is 14.4 Å². The SMILES string of the molecule is COc1cc2c(cc1OC)[C@@H](C)[NH+](CN1C(=O)C(=O)c3ccccc31)CC2. The molecule has 2 aromatic carbocycles. The zero-order chi connectivity index (χ0) is 19.1. The van der Waals surface area contributed by atoms with Crippen molar-refractivity contribution >= 4 is 17.4 Å². The first-order valence-electron chi connectivity index (χ1n) is 9.09. The Morgan fingerprint density at radius 1 is 1.11 bits per heavy atom. The van der Waals surface area contributed by atoms with Gasteiger partial charge in [-0.3, -0.25) is 14.5 Å². The van der Waals surface area contributed by atoms with Crippen LogP contribution in [0, 0.1) is 0 Å².